The number of ether oxygens (including phenoxy) is 1. The van der Waals surface area contributed by atoms with Crippen molar-refractivity contribution in [2.24, 2.45) is 0 Å². The van der Waals surface area contributed by atoms with Crippen molar-refractivity contribution in [2.45, 2.75) is 32.0 Å². The molecule has 1 saturated heterocycles. The fraction of sp³-hybridized carbons (Fsp3) is 0.562. The molecule has 0 radical (unpaired) electrons. The van der Waals surface area contributed by atoms with E-state index >= 15 is 0 Å². The number of anilines is 1. The highest BCUT2D eigenvalue weighted by molar-refractivity contribution is 5.89. The Labute approximate surface area is 139 Å². The topological polar surface area (TPSA) is 73.8 Å². The van der Waals surface area contributed by atoms with Crippen LogP contribution in [0.5, 0.6) is 5.75 Å². The van der Waals surface area contributed by atoms with Crippen LogP contribution in [-0.4, -0.2) is 54.9 Å². The third kappa shape index (κ3) is 6.67. The highest BCUT2D eigenvalue weighted by Gasteiger charge is 2.15. The smallest absolute Gasteiger partial charge is 0.387 e. The molecule has 1 heterocycles. The van der Waals surface area contributed by atoms with Crippen LogP contribution in [0.25, 0.3) is 0 Å². The normalized spacial score (nSPS) is 16.7. The van der Waals surface area contributed by atoms with E-state index in [9.17, 15) is 18.7 Å². The first-order chi connectivity index (χ1) is 11.5. The van der Waals surface area contributed by atoms with Crippen LogP contribution in [0, 0.1) is 0 Å². The van der Waals surface area contributed by atoms with E-state index in [1.807, 2.05) is 0 Å². The second kappa shape index (κ2) is 9.39. The molecule has 1 aromatic carbocycles. The summed E-state index contributed by atoms with van der Waals surface area (Å²) >= 11 is 0. The van der Waals surface area contributed by atoms with Gasteiger partial charge in [0.2, 0.25) is 0 Å². The van der Waals surface area contributed by atoms with Crippen molar-refractivity contribution in [1.82, 2.24) is 10.2 Å². The number of halogens is 2. The SMILES string of the molecule is O=C(NCC(O)CN1CCCCC1)Nc1ccc(OC(F)F)cc1. The van der Waals surface area contributed by atoms with E-state index in [4.69, 9.17) is 0 Å². The number of hydrogen-bond acceptors (Lipinski definition) is 4. The lowest BCUT2D eigenvalue weighted by atomic mass is 10.1. The summed E-state index contributed by atoms with van der Waals surface area (Å²) < 4.78 is 28.3. The van der Waals surface area contributed by atoms with Crippen LogP contribution < -0.4 is 15.4 Å². The maximum Gasteiger partial charge on any atom is 0.387 e. The molecule has 6 nitrogen and oxygen atoms in total. The number of carbonyl (C=O) groups excluding carboxylic acids is 1. The molecule has 1 aromatic rings. The van der Waals surface area contributed by atoms with Crippen LogP contribution >= 0.6 is 0 Å². The maximum atomic E-state index is 12.0. The number of carbonyl (C=O) groups is 1. The Hall–Kier alpha value is -1.93. The maximum absolute atomic E-state index is 12.0. The summed E-state index contributed by atoms with van der Waals surface area (Å²) in [7, 11) is 0. The molecule has 1 atom stereocenters. The third-order valence-corrected chi connectivity index (χ3v) is 3.75. The Morgan fingerprint density at radius 2 is 1.88 bits per heavy atom. The lowest BCUT2D eigenvalue weighted by Gasteiger charge is -2.28. The lowest BCUT2D eigenvalue weighted by molar-refractivity contribution is -0.0498. The monoisotopic (exact) mass is 343 g/mol. The molecular weight excluding hydrogens is 320 g/mol. The Morgan fingerprint density at radius 1 is 1.21 bits per heavy atom. The number of nitrogens with one attached hydrogen (secondary N) is 2. The molecule has 1 aliphatic rings. The second-order valence-electron chi connectivity index (χ2n) is 5.75. The molecule has 24 heavy (non-hydrogen) atoms. The van der Waals surface area contributed by atoms with Crippen LogP contribution in [0.2, 0.25) is 0 Å². The number of urea groups is 1. The minimum Gasteiger partial charge on any atom is -0.435 e. The largest absolute Gasteiger partial charge is 0.435 e. The van der Waals surface area contributed by atoms with Gasteiger partial charge in [-0.1, -0.05) is 6.42 Å². The summed E-state index contributed by atoms with van der Waals surface area (Å²) in [5.41, 5.74) is 0.444. The summed E-state index contributed by atoms with van der Waals surface area (Å²) in [6.07, 6.45) is 2.89. The Kier molecular flexibility index (Phi) is 7.20. The average molecular weight is 343 g/mol. The number of nitrogens with zero attached hydrogens (tertiary/aromatic N) is 1. The van der Waals surface area contributed by atoms with E-state index in [-0.39, 0.29) is 12.3 Å². The van der Waals surface area contributed by atoms with Crippen LogP contribution in [0.4, 0.5) is 19.3 Å². The average Bonchev–Trinajstić information content (AvgIpc) is 2.55. The van der Waals surface area contributed by atoms with Gasteiger partial charge in [0.15, 0.2) is 0 Å². The molecule has 2 amide bonds. The van der Waals surface area contributed by atoms with Crippen molar-refractivity contribution in [1.29, 1.82) is 0 Å². The zero-order chi connectivity index (χ0) is 17.4. The molecule has 134 valence electrons. The minimum absolute atomic E-state index is 0.0212. The van der Waals surface area contributed by atoms with E-state index in [2.05, 4.69) is 20.3 Å². The number of piperidine rings is 1. The molecule has 1 unspecified atom stereocenters. The number of rotatable bonds is 7. The molecule has 1 fully saturated rings. The van der Waals surface area contributed by atoms with E-state index in [1.165, 1.54) is 30.7 Å². The van der Waals surface area contributed by atoms with E-state index in [0.717, 1.165) is 25.9 Å². The number of hydrogen-bond donors (Lipinski definition) is 3. The Bertz CT molecular complexity index is 508. The Morgan fingerprint density at radius 3 is 2.50 bits per heavy atom. The van der Waals surface area contributed by atoms with E-state index in [1.54, 1.807) is 0 Å². The number of likely N-dealkylation sites (tertiary alicyclic amines) is 1. The lowest BCUT2D eigenvalue weighted by Crippen LogP contribution is -2.42. The minimum atomic E-state index is -2.88. The summed E-state index contributed by atoms with van der Waals surface area (Å²) in [4.78, 5) is 14.0. The van der Waals surface area contributed by atoms with Gasteiger partial charge in [-0.2, -0.15) is 8.78 Å². The molecular formula is C16H23F2N3O3. The fourth-order valence-electron chi connectivity index (χ4n) is 2.61. The second-order valence-corrected chi connectivity index (χ2v) is 5.75. The van der Waals surface area contributed by atoms with Crippen molar-refractivity contribution < 1.29 is 23.4 Å². The van der Waals surface area contributed by atoms with E-state index < -0.39 is 18.7 Å². The van der Waals surface area contributed by atoms with Crippen LogP contribution in [0.1, 0.15) is 19.3 Å². The predicted octanol–water partition coefficient (Wildman–Crippen LogP) is 2.26. The number of β-amino-alcohol motifs (C(OH)–C–C–N with tert-alkyl or cyclic N) is 1. The van der Waals surface area contributed by atoms with Gasteiger partial charge in [0.1, 0.15) is 5.75 Å². The van der Waals surface area contributed by atoms with Crippen molar-refractivity contribution in [3.05, 3.63) is 24.3 Å². The van der Waals surface area contributed by atoms with Crippen LogP contribution in [0.3, 0.4) is 0 Å². The molecule has 3 N–H and O–H groups in total. The number of amides is 2. The van der Waals surface area contributed by atoms with E-state index in [0.29, 0.717) is 12.2 Å². The van der Waals surface area contributed by atoms with Crippen LogP contribution in [-0.2, 0) is 0 Å². The predicted molar refractivity (Wildman–Crippen MR) is 86.4 cm³/mol. The molecule has 0 aliphatic carbocycles. The quantitative estimate of drug-likeness (QED) is 0.710. The van der Waals surface area contributed by atoms with Gasteiger partial charge in [0.25, 0.3) is 0 Å². The highest BCUT2D eigenvalue weighted by atomic mass is 19.3. The number of aliphatic hydroxyl groups excluding tert-OH is 1. The van der Waals surface area contributed by atoms with Gasteiger partial charge >= 0.3 is 12.6 Å². The van der Waals surface area contributed by atoms with Crippen molar-refractivity contribution in [3.8, 4) is 5.75 Å². The summed E-state index contributed by atoms with van der Waals surface area (Å²) in [5.74, 6) is 0.0212. The number of benzene rings is 1. The third-order valence-electron chi connectivity index (χ3n) is 3.75. The molecule has 8 heteroatoms. The first-order valence-corrected chi connectivity index (χ1v) is 8.03. The van der Waals surface area contributed by atoms with Crippen molar-refractivity contribution in [2.75, 3.05) is 31.5 Å². The standard InChI is InChI=1S/C16H23F2N3O3/c17-15(18)24-14-6-4-12(5-7-14)20-16(23)19-10-13(22)11-21-8-2-1-3-9-21/h4-7,13,15,22H,1-3,8-11H2,(H2,19,20,23). The number of aliphatic hydroxyl groups is 1. The van der Waals surface area contributed by atoms with Crippen LogP contribution in [0.15, 0.2) is 24.3 Å². The molecule has 1 aliphatic heterocycles. The number of alkyl halides is 2. The fourth-order valence-corrected chi connectivity index (χ4v) is 2.61. The van der Waals surface area contributed by atoms with Gasteiger partial charge in [0.05, 0.1) is 6.10 Å². The summed E-state index contributed by atoms with van der Waals surface area (Å²) in [6.45, 7) is -0.227. The van der Waals surface area contributed by atoms with Gasteiger partial charge in [0, 0.05) is 18.8 Å². The van der Waals surface area contributed by atoms with Gasteiger partial charge in [-0.05, 0) is 50.2 Å². The molecule has 0 aromatic heterocycles. The summed E-state index contributed by atoms with van der Waals surface area (Å²) in [6, 6.07) is 5.14. The van der Waals surface area contributed by atoms with Crippen molar-refractivity contribution in [3.63, 3.8) is 0 Å². The molecule has 0 saturated carbocycles. The first-order valence-electron chi connectivity index (χ1n) is 8.03. The zero-order valence-corrected chi connectivity index (χ0v) is 13.4. The van der Waals surface area contributed by atoms with Gasteiger partial charge < -0.3 is 25.4 Å². The summed E-state index contributed by atoms with van der Waals surface area (Å²) in [5, 5.41) is 15.1. The van der Waals surface area contributed by atoms with Crippen molar-refractivity contribution >= 4 is 11.7 Å². The van der Waals surface area contributed by atoms with Gasteiger partial charge in [-0.15, -0.1) is 0 Å². The molecule has 0 spiro atoms. The van der Waals surface area contributed by atoms with Gasteiger partial charge in [-0.3, -0.25) is 0 Å². The Balaban J connectivity index is 1.68. The first kappa shape index (κ1) is 18.4. The van der Waals surface area contributed by atoms with Gasteiger partial charge in [-0.25, -0.2) is 4.79 Å². The molecule has 2 rings (SSSR count). The molecule has 0 bridgehead atoms. The highest BCUT2D eigenvalue weighted by Crippen LogP contribution is 2.17. The zero-order valence-electron chi connectivity index (χ0n) is 13.4.